The Hall–Kier alpha value is -0.120. The van der Waals surface area contributed by atoms with Gasteiger partial charge in [-0.05, 0) is 53.1 Å². The summed E-state index contributed by atoms with van der Waals surface area (Å²) in [6, 6.07) is 0.812. The van der Waals surface area contributed by atoms with E-state index in [2.05, 4.69) is 42.6 Å². The van der Waals surface area contributed by atoms with Crippen LogP contribution in [0.5, 0.6) is 0 Å². The summed E-state index contributed by atoms with van der Waals surface area (Å²) in [6.07, 6.45) is 2.68. The fraction of sp³-hybridized carbons (Fsp3) is 1.00. The second kappa shape index (κ2) is 7.25. The topological polar surface area (TPSA) is 9.72 Å². The Balaban J connectivity index is 2.21. The number of likely N-dealkylation sites (N-methyl/N-ethyl adjacent to an activating group) is 2. The van der Waals surface area contributed by atoms with Gasteiger partial charge >= 0.3 is 0 Å². The van der Waals surface area contributed by atoms with Crippen LogP contribution >= 0.6 is 0 Å². The Bertz CT molecular complexity index is 172. The van der Waals surface area contributed by atoms with Crippen LogP contribution < -0.4 is 0 Å². The molecule has 0 radical (unpaired) electrons. The van der Waals surface area contributed by atoms with E-state index in [4.69, 9.17) is 0 Å². The van der Waals surface area contributed by atoms with E-state index in [1.165, 1.54) is 52.1 Å². The van der Waals surface area contributed by atoms with Crippen LogP contribution in [0.3, 0.4) is 0 Å². The fourth-order valence-electron chi connectivity index (χ4n) is 2.46. The first kappa shape index (κ1) is 13.9. The number of hydrogen-bond donors (Lipinski definition) is 0. The molecule has 1 rings (SSSR count). The van der Waals surface area contributed by atoms with Crippen molar-refractivity contribution < 1.29 is 0 Å². The van der Waals surface area contributed by atoms with Gasteiger partial charge in [-0.15, -0.1) is 0 Å². The summed E-state index contributed by atoms with van der Waals surface area (Å²) < 4.78 is 0. The van der Waals surface area contributed by atoms with Crippen LogP contribution in [0, 0.1) is 0 Å². The predicted octanol–water partition coefficient (Wildman–Crippen LogP) is 1.35. The van der Waals surface area contributed by atoms with Crippen LogP contribution in [-0.4, -0.2) is 74.1 Å². The summed E-state index contributed by atoms with van der Waals surface area (Å²) in [5.41, 5.74) is 0. The third kappa shape index (κ3) is 4.40. The van der Waals surface area contributed by atoms with Crippen molar-refractivity contribution in [2.24, 2.45) is 0 Å². The Labute approximate surface area is 101 Å². The quantitative estimate of drug-likeness (QED) is 0.678. The van der Waals surface area contributed by atoms with Gasteiger partial charge in [0.2, 0.25) is 0 Å². The maximum absolute atomic E-state index is 2.56. The van der Waals surface area contributed by atoms with E-state index in [0.717, 1.165) is 6.04 Å². The lowest BCUT2D eigenvalue weighted by Crippen LogP contribution is -2.44. The molecule has 0 bridgehead atoms. The zero-order valence-electron chi connectivity index (χ0n) is 11.6. The molecule has 3 nitrogen and oxygen atoms in total. The van der Waals surface area contributed by atoms with Gasteiger partial charge in [0.25, 0.3) is 0 Å². The zero-order valence-corrected chi connectivity index (χ0v) is 11.6. The molecule has 96 valence electrons. The van der Waals surface area contributed by atoms with Gasteiger partial charge in [-0.25, -0.2) is 0 Å². The van der Waals surface area contributed by atoms with Gasteiger partial charge in [0, 0.05) is 19.1 Å². The Morgan fingerprint density at radius 3 is 2.12 bits per heavy atom. The lowest BCUT2D eigenvalue weighted by Gasteiger charge is -2.36. The first-order valence-corrected chi connectivity index (χ1v) is 6.78. The smallest absolute Gasteiger partial charge is 0.0117 e. The third-order valence-corrected chi connectivity index (χ3v) is 3.97. The predicted molar refractivity (Wildman–Crippen MR) is 70.9 cm³/mol. The molecule has 0 aromatic carbocycles. The van der Waals surface area contributed by atoms with Gasteiger partial charge in [0.1, 0.15) is 0 Å². The molecule has 16 heavy (non-hydrogen) atoms. The average molecular weight is 227 g/mol. The van der Waals surface area contributed by atoms with Gasteiger partial charge in [-0.2, -0.15) is 0 Å². The third-order valence-electron chi connectivity index (χ3n) is 3.97. The van der Waals surface area contributed by atoms with Crippen LogP contribution in [0.25, 0.3) is 0 Å². The Morgan fingerprint density at radius 1 is 1.06 bits per heavy atom. The van der Waals surface area contributed by atoms with Crippen LogP contribution in [0.1, 0.15) is 26.7 Å². The minimum absolute atomic E-state index is 0.812. The lowest BCUT2D eigenvalue weighted by atomic mass is 10.0. The van der Waals surface area contributed by atoms with Crippen LogP contribution in [0.15, 0.2) is 0 Å². The maximum atomic E-state index is 2.56. The van der Waals surface area contributed by atoms with E-state index in [9.17, 15) is 0 Å². The van der Waals surface area contributed by atoms with Crippen molar-refractivity contribution in [2.75, 3.05) is 53.4 Å². The molecular formula is C13H29N3. The van der Waals surface area contributed by atoms with Crippen molar-refractivity contribution in [2.45, 2.75) is 32.7 Å². The highest BCUT2D eigenvalue weighted by Gasteiger charge is 2.20. The summed E-state index contributed by atoms with van der Waals surface area (Å²) in [5, 5.41) is 0. The molecular weight excluding hydrogens is 198 g/mol. The molecule has 0 N–H and O–H groups in total. The monoisotopic (exact) mass is 227 g/mol. The maximum Gasteiger partial charge on any atom is 0.0117 e. The number of likely N-dealkylation sites (tertiary alicyclic amines) is 1. The highest BCUT2D eigenvalue weighted by atomic mass is 15.2. The molecule has 3 heteroatoms. The van der Waals surface area contributed by atoms with E-state index in [-0.39, 0.29) is 0 Å². The molecule has 1 aliphatic heterocycles. The summed E-state index contributed by atoms with van der Waals surface area (Å²) >= 11 is 0. The van der Waals surface area contributed by atoms with E-state index in [0.29, 0.717) is 0 Å². The highest BCUT2D eigenvalue weighted by molar-refractivity contribution is 4.77. The molecule has 1 heterocycles. The fourth-order valence-corrected chi connectivity index (χ4v) is 2.46. The van der Waals surface area contributed by atoms with Gasteiger partial charge in [-0.1, -0.05) is 13.8 Å². The molecule has 0 aromatic rings. The second-order valence-corrected chi connectivity index (χ2v) is 5.04. The largest absolute Gasteiger partial charge is 0.306 e. The second-order valence-electron chi connectivity index (χ2n) is 5.04. The molecule has 0 aliphatic carbocycles. The Morgan fingerprint density at radius 2 is 1.62 bits per heavy atom. The number of rotatable bonds is 6. The molecule has 0 saturated carbocycles. The first-order valence-electron chi connectivity index (χ1n) is 6.78. The van der Waals surface area contributed by atoms with Gasteiger partial charge in [0.15, 0.2) is 0 Å². The standard InChI is InChI=1S/C13H29N3/c1-5-16(6-2)12-11-15(4)13-7-9-14(3)10-8-13/h13H,5-12H2,1-4H3. The summed E-state index contributed by atoms with van der Waals surface area (Å²) in [7, 11) is 4.52. The molecule has 0 spiro atoms. The van der Waals surface area contributed by atoms with Gasteiger partial charge in [-0.3, -0.25) is 0 Å². The van der Waals surface area contributed by atoms with Crippen molar-refractivity contribution >= 4 is 0 Å². The number of hydrogen-bond acceptors (Lipinski definition) is 3. The van der Waals surface area contributed by atoms with Gasteiger partial charge in [0.05, 0.1) is 0 Å². The van der Waals surface area contributed by atoms with Crippen LogP contribution in [-0.2, 0) is 0 Å². The molecule has 0 aromatic heterocycles. The first-order chi connectivity index (χ1) is 7.67. The van der Waals surface area contributed by atoms with E-state index in [1.807, 2.05) is 0 Å². The van der Waals surface area contributed by atoms with Crippen molar-refractivity contribution in [3.8, 4) is 0 Å². The molecule has 1 fully saturated rings. The molecule has 0 amide bonds. The van der Waals surface area contributed by atoms with Crippen molar-refractivity contribution in [1.82, 2.24) is 14.7 Å². The van der Waals surface area contributed by atoms with Crippen molar-refractivity contribution in [3.05, 3.63) is 0 Å². The molecule has 1 aliphatic rings. The van der Waals surface area contributed by atoms with Crippen LogP contribution in [0.4, 0.5) is 0 Å². The number of piperidine rings is 1. The summed E-state index contributed by atoms with van der Waals surface area (Å²) in [6.45, 7) is 11.8. The average Bonchev–Trinajstić information content (AvgIpc) is 2.31. The van der Waals surface area contributed by atoms with Crippen molar-refractivity contribution in [1.29, 1.82) is 0 Å². The van der Waals surface area contributed by atoms with Gasteiger partial charge < -0.3 is 14.7 Å². The number of nitrogens with zero attached hydrogens (tertiary/aromatic N) is 3. The van der Waals surface area contributed by atoms with E-state index in [1.54, 1.807) is 0 Å². The molecule has 0 unspecified atom stereocenters. The summed E-state index contributed by atoms with van der Waals surface area (Å²) in [4.78, 5) is 7.51. The Kier molecular flexibility index (Phi) is 6.32. The van der Waals surface area contributed by atoms with E-state index < -0.39 is 0 Å². The zero-order chi connectivity index (χ0) is 12.0. The minimum Gasteiger partial charge on any atom is -0.306 e. The highest BCUT2D eigenvalue weighted by Crippen LogP contribution is 2.13. The molecule has 1 saturated heterocycles. The summed E-state index contributed by atoms with van der Waals surface area (Å²) in [5.74, 6) is 0. The van der Waals surface area contributed by atoms with Crippen molar-refractivity contribution in [3.63, 3.8) is 0 Å². The SMILES string of the molecule is CCN(CC)CCN(C)C1CCN(C)CC1. The lowest BCUT2D eigenvalue weighted by molar-refractivity contribution is 0.131. The minimum atomic E-state index is 0.812. The van der Waals surface area contributed by atoms with Crippen LogP contribution in [0.2, 0.25) is 0 Å². The normalized spacial score (nSPS) is 19.9. The molecule has 0 atom stereocenters. The van der Waals surface area contributed by atoms with E-state index >= 15 is 0 Å².